The van der Waals surface area contributed by atoms with E-state index >= 15 is 0 Å². The maximum Gasteiger partial charge on any atom is 0.212 e. The van der Waals surface area contributed by atoms with Gasteiger partial charge in [-0.15, -0.1) is 48.1 Å². The topological polar surface area (TPSA) is 43.4 Å². The molecular formula is C65H41N6OPt-3. The van der Waals surface area contributed by atoms with Crippen molar-refractivity contribution >= 4 is 66.4 Å². The van der Waals surface area contributed by atoms with Gasteiger partial charge >= 0.3 is 0 Å². The van der Waals surface area contributed by atoms with Crippen molar-refractivity contribution in [1.82, 2.24) is 18.7 Å². The second kappa shape index (κ2) is 16.9. The monoisotopic (exact) mass is 1120 g/mol. The van der Waals surface area contributed by atoms with Crippen molar-refractivity contribution in [3.8, 4) is 67.6 Å². The molecule has 350 valence electrons. The first-order chi connectivity index (χ1) is 35.7. The van der Waals surface area contributed by atoms with Gasteiger partial charge in [0, 0.05) is 108 Å². The van der Waals surface area contributed by atoms with E-state index in [1.807, 2.05) is 37.6 Å². The van der Waals surface area contributed by atoms with Crippen molar-refractivity contribution < 1.29 is 25.8 Å². The molecule has 7 nitrogen and oxygen atoms in total. The van der Waals surface area contributed by atoms with E-state index in [-0.39, 0.29) is 21.1 Å². The zero-order valence-electron chi connectivity index (χ0n) is 39.3. The van der Waals surface area contributed by atoms with Crippen LogP contribution < -0.4 is 14.5 Å². The van der Waals surface area contributed by atoms with Crippen molar-refractivity contribution in [2.75, 3.05) is 9.80 Å². The molecule has 5 heterocycles. The van der Waals surface area contributed by atoms with E-state index in [0.717, 1.165) is 78.4 Å². The van der Waals surface area contributed by atoms with Gasteiger partial charge in [-0.3, -0.25) is 0 Å². The summed E-state index contributed by atoms with van der Waals surface area (Å²) in [7, 11) is 2.04. The Morgan fingerprint density at radius 1 is 0.466 bits per heavy atom. The van der Waals surface area contributed by atoms with Crippen LogP contribution in [0.15, 0.2) is 225 Å². The molecule has 13 aromatic rings. The molecule has 10 aromatic carbocycles. The molecule has 2 aliphatic rings. The smallest absolute Gasteiger partial charge is 0.212 e. The van der Waals surface area contributed by atoms with E-state index in [4.69, 9.17) is 9.72 Å². The van der Waals surface area contributed by atoms with E-state index in [2.05, 4.69) is 236 Å². The predicted molar refractivity (Wildman–Crippen MR) is 293 cm³/mol. The number of imidazole rings is 1. The SMILES string of the molecule is Cn1ccnc1-n1c2[c-]c(Oc3[c-]c(N4[CH-]N(c5c(-c6ccccc6)cccc5-c5ccccc5)c5ccccc54)ccc3)ccc2c2c3c(ccc21)-n1c2ccccc2c2cccc(c21)-c1ccccc1-3.[Pt]. The standard InChI is InChI=1S/C65H41N6O.Pt/c1-67-38-37-66-65(67)71-59-36-35-58-61(51-25-9-8-23-49(51)52-28-16-29-53-50-24-10-11-30-55(50)70(58)64(52)53)62(59)54-34-33-46(40-60(54)71)72-45-22-14-21-44(39-45)68-41-69(57-32-13-12-31-56(57)68)63-47(42-17-4-2-5-18-42)26-15-27-48(63)43-19-6-3-7-20-43;/h2-38,41H,1H3;/q-3;. The Kier molecular flexibility index (Phi) is 9.92. The summed E-state index contributed by atoms with van der Waals surface area (Å²) in [6.07, 6.45) is 3.84. The number of fused-ring (bicyclic) bond motifs is 13. The Balaban J connectivity index is 0.00000493. The second-order valence-electron chi connectivity index (χ2n) is 18.5. The minimum atomic E-state index is 0. The number of ether oxygens (including phenoxy) is 1. The molecule has 8 heteroatoms. The van der Waals surface area contributed by atoms with Crippen molar-refractivity contribution in [3.05, 3.63) is 244 Å². The van der Waals surface area contributed by atoms with Crippen LogP contribution in [0.4, 0.5) is 22.7 Å². The van der Waals surface area contributed by atoms with Crippen LogP contribution in [0.25, 0.3) is 99.8 Å². The molecule has 15 rings (SSSR count). The van der Waals surface area contributed by atoms with E-state index in [0.29, 0.717) is 11.5 Å². The number of rotatable bonds is 7. The molecule has 0 fully saturated rings. The fourth-order valence-corrected chi connectivity index (χ4v) is 11.5. The number of aromatic nitrogens is 4. The fraction of sp³-hybridized carbons (Fsp3) is 0.0154. The van der Waals surface area contributed by atoms with Crippen LogP contribution in [0, 0.1) is 18.8 Å². The average Bonchev–Trinajstić information content (AvgIpc) is 4.20. The molecule has 0 unspecified atom stereocenters. The van der Waals surface area contributed by atoms with Crippen LogP contribution in [-0.2, 0) is 28.1 Å². The van der Waals surface area contributed by atoms with E-state index in [1.54, 1.807) is 0 Å². The summed E-state index contributed by atoms with van der Waals surface area (Å²) in [5.41, 5.74) is 18.8. The zero-order chi connectivity index (χ0) is 47.4. The quantitative estimate of drug-likeness (QED) is 0.149. The van der Waals surface area contributed by atoms with Crippen molar-refractivity contribution in [3.63, 3.8) is 0 Å². The van der Waals surface area contributed by atoms with Gasteiger partial charge in [0.05, 0.1) is 16.7 Å². The van der Waals surface area contributed by atoms with Gasteiger partial charge in [-0.25, -0.2) is 4.98 Å². The maximum absolute atomic E-state index is 6.84. The van der Waals surface area contributed by atoms with E-state index in [1.165, 1.54) is 44.1 Å². The summed E-state index contributed by atoms with van der Waals surface area (Å²) >= 11 is 0. The van der Waals surface area contributed by atoms with Gasteiger partial charge in [-0.1, -0.05) is 157 Å². The first-order valence-electron chi connectivity index (χ1n) is 24.3. The molecule has 73 heavy (non-hydrogen) atoms. The molecule has 3 aromatic heterocycles. The van der Waals surface area contributed by atoms with E-state index in [9.17, 15) is 0 Å². The Bertz CT molecular complexity index is 4270. The summed E-state index contributed by atoms with van der Waals surface area (Å²) in [6.45, 7) is 2.18. The minimum Gasteiger partial charge on any atom is -0.509 e. The van der Waals surface area contributed by atoms with Crippen LogP contribution in [0.5, 0.6) is 11.5 Å². The first kappa shape index (κ1) is 42.9. The Labute approximate surface area is 436 Å². The molecular weight excluding hydrogens is 1080 g/mol. The van der Waals surface area contributed by atoms with Gasteiger partial charge in [-0.2, -0.15) is 12.1 Å². The molecule has 0 radical (unpaired) electrons. The number of benzene rings is 10. The van der Waals surface area contributed by atoms with Crippen molar-refractivity contribution in [2.24, 2.45) is 7.05 Å². The Hall–Kier alpha value is -8.90. The Morgan fingerprint density at radius 3 is 1.86 bits per heavy atom. The molecule has 0 atom stereocenters. The predicted octanol–water partition coefficient (Wildman–Crippen LogP) is 16.4. The Morgan fingerprint density at radius 2 is 1.10 bits per heavy atom. The normalized spacial score (nSPS) is 12.5. The number of aryl methyl sites for hydroxylation is 1. The number of nitrogens with zero attached hydrogens (tertiary/aromatic N) is 6. The second-order valence-corrected chi connectivity index (χ2v) is 18.5. The summed E-state index contributed by atoms with van der Waals surface area (Å²) < 4.78 is 13.6. The third-order valence-electron chi connectivity index (χ3n) is 14.5. The summed E-state index contributed by atoms with van der Waals surface area (Å²) in [6, 6.07) is 83.0. The maximum atomic E-state index is 6.84. The average molecular weight is 1120 g/mol. The summed E-state index contributed by atoms with van der Waals surface area (Å²) in [4.78, 5) is 9.45. The van der Waals surface area contributed by atoms with Gasteiger partial charge in [0.2, 0.25) is 5.95 Å². The first-order valence-corrected chi connectivity index (χ1v) is 24.3. The van der Waals surface area contributed by atoms with Gasteiger partial charge in [0.1, 0.15) is 0 Å². The third kappa shape index (κ3) is 6.52. The van der Waals surface area contributed by atoms with Gasteiger partial charge < -0.3 is 28.2 Å². The van der Waals surface area contributed by atoms with Crippen LogP contribution in [0.3, 0.4) is 0 Å². The molecule has 2 aliphatic heterocycles. The number of anilines is 4. The van der Waals surface area contributed by atoms with Crippen molar-refractivity contribution in [2.45, 2.75) is 0 Å². The van der Waals surface area contributed by atoms with Gasteiger partial charge in [0.25, 0.3) is 0 Å². The molecule has 0 saturated heterocycles. The minimum absolute atomic E-state index is 0. The summed E-state index contributed by atoms with van der Waals surface area (Å²) in [5, 5.41) is 4.66. The van der Waals surface area contributed by atoms with Crippen LogP contribution in [-0.4, -0.2) is 18.7 Å². The van der Waals surface area contributed by atoms with Crippen LogP contribution in [0.2, 0.25) is 0 Å². The molecule has 0 spiro atoms. The molecule has 0 amide bonds. The molecule has 0 bridgehead atoms. The van der Waals surface area contributed by atoms with Crippen molar-refractivity contribution in [1.29, 1.82) is 0 Å². The van der Waals surface area contributed by atoms with Gasteiger partial charge in [-0.05, 0) is 58.0 Å². The summed E-state index contributed by atoms with van der Waals surface area (Å²) in [5.74, 6) is 1.93. The molecule has 0 N–H and O–H groups in total. The van der Waals surface area contributed by atoms with Crippen LogP contribution in [0.1, 0.15) is 0 Å². The largest absolute Gasteiger partial charge is 0.509 e. The number of hydrogen-bond donors (Lipinski definition) is 0. The van der Waals surface area contributed by atoms with Gasteiger partial charge in [0.15, 0.2) is 0 Å². The number of hydrogen-bond acceptors (Lipinski definition) is 4. The fourth-order valence-electron chi connectivity index (χ4n) is 11.5. The van der Waals surface area contributed by atoms with Crippen LogP contribution >= 0.6 is 0 Å². The zero-order valence-corrected chi connectivity index (χ0v) is 41.6. The molecule has 0 aliphatic carbocycles. The third-order valence-corrected chi connectivity index (χ3v) is 14.5. The van der Waals surface area contributed by atoms with E-state index < -0.39 is 0 Å². The molecule has 0 saturated carbocycles. The number of para-hydroxylation sites is 5.